The number of aromatic nitrogens is 2. The van der Waals surface area contributed by atoms with Gasteiger partial charge in [0.15, 0.2) is 0 Å². The summed E-state index contributed by atoms with van der Waals surface area (Å²) >= 11 is 0.0530. The summed E-state index contributed by atoms with van der Waals surface area (Å²) in [4.78, 5) is 9.30. The Morgan fingerprint density at radius 2 is 1.40 bits per heavy atom. The Kier molecular flexibility index (Phi) is 11.3. The van der Waals surface area contributed by atoms with Crippen molar-refractivity contribution in [3.63, 3.8) is 0 Å². The zero-order valence-electron chi connectivity index (χ0n) is 28.7. The van der Waals surface area contributed by atoms with E-state index in [1.54, 1.807) is 0 Å². The van der Waals surface area contributed by atoms with Gasteiger partial charge in [0.05, 0.1) is 0 Å². The molecule has 5 heteroatoms. The summed E-state index contributed by atoms with van der Waals surface area (Å²) in [6.45, 7) is 2.19. The minimum Gasteiger partial charge on any atom is -0.305 e. The van der Waals surface area contributed by atoms with Crippen LogP contribution in [0.3, 0.4) is 0 Å². The van der Waals surface area contributed by atoms with E-state index in [-0.39, 0.29) is 20.1 Å². The van der Waals surface area contributed by atoms with Crippen molar-refractivity contribution in [3.8, 4) is 33.6 Å². The summed E-state index contributed by atoms with van der Waals surface area (Å²) in [6.07, 6.45) is 4.89. The Bertz CT molecular complexity index is 2350. The zero-order valence-corrected chi connectivity index (χ0v) is 34.0. The molecule has 0 saturated carbocycles. The maximum Gasteiger partial charge on any atom is 0.0240 e. The molecule has 50 heavy (non-hydrogen) atoms. The van der Waals surface area contributed by atoms with Crippen LogP contribution in [-0.2, 0) is 26.5 Å². The Balaban J connectivity index is 0.000000204. The monoisotopic (exact) mass is 905 g/mol. The number of benzene rings is 5. The van der Waals surface area contributed by atoms with Crippen LogP contribution in [0.25, 0.3) is 53.8 Å². The maximum absolute atomic E-state index is 4.71. The topological polar surface area (TPSA) is 25.8 Å². The van der Waals surface area contributed by atoms with Gasteiger partial charge in [-0.3, -0.25) is 0 Å². The van der Waals surface area contributed by atoms with Crippen LogP contribution in [0.15, 0.2) is 146 Å². The van der Waals surface area contributed by atoms with Gasteiger partial charge in [0.2, 0.25) is 0 Å². The molecule has 8 aromatic rings. The fourth-order valence-corrected chi connectivity index (χ4v) is 11.1. The van der Waals surface area contributed by atoms with Gasteiger partial charge < -0.3 is 4.98 Å². The molecule has 0 unspecified atom stereocenters. The van der Waals surface area contributed by atoms with Gasteiger partial charge in [-0.15, -0.1) is 23.8 Å². The molecule has 0 atom stereocenters. The molecule has 0 spiro atoms. The maximum atomic E-state index is 4.71. The molecule has 249 valence electrons. The second-order valence-corrected chi connectivity index (χ2v) is 25.0. The summed E-state index contributed by atoms with van der Waals surface area (Å²) in [6, 6.07) is 53.3. The van der Waals surface area contributed by atoms with Gasteiger partial charge in [0.1, 0.15) is 0 Å². The average Bonchev–Trinajstić information content (AvgIpc) is 3.51. The number of rotatable bonds is 6. The largest absolute Gasteiger partial charge is 0.305 e. The molecular weight excluding hydrogens is 865 g/mol. The minimum absolute atomic E-state index is 0. The first-order valence-electron chi connectivity index (χ1n) is 16.7. The van der Waals surface area contributed by atoms with Crippen LogP contribution >= 0.6 is 11.3 Å². The Morgan fingerprint density at radius 1 is 0.640 bits per heavy atom. The second kappa shape index (κ2) is 15.8. The summed E-state index contributed by atoms with van der Waals surface area (Å²) in [5, 5.41) is 2.56. The smallest absolute Gasteiger partial charge is 0.0240 e. The zero-order chi connectivity index (χ0) is 33.8. The molecule has 0 fully saturated rings. The second-order valence-electron chi connectivity index (χ2n) is 13.4. The van der Waals surface area contributed by atoms with Crippen molar-refractivity contribution in [2.45, 2.75) is 30.6 Å². The van der Waals surface area contributed by atoms with Crippen molar-refractivity contribution in [1.82, 2.24) is 9.97 Å². The summed E-state index contributed by atoms with van der Waals surface area (Å²) in [5.74, 6) is 7.20. The molecule has 2 nitrogen and oxygen atoms in total. The van der Waals surface area contributed by atoms with Crippen LogP contribution in [0, 0.1) is 19.1 Å². The van der Waals surface area contributed by atoms with Crippen LogP contribution in [0.4, 0.5) is 0 Å². The fourth-order valence-electron chi connectivity index (χ4n) is 6.34. The first kappa shape index (κ1) is 35.6. The summed E-state index contributed by atoms with van der Waals surface area (Å²) in [7, 11) is 0. The SMILES string of the molecule is Cc1cc(-c2[c-]cccc2)nc[c]1[Ge]([CH3])([CH3])[CH3].[Ir].[c-]1ccc2c(sc3ccc(-c4ccccc4)cc32)c1-c1cc(Cc2ccccc2)ccn1. The van der Waals surface area contributed by atoms with Crippen molar-refractivity contribution in [3.05, 3.63) is 175 Å². The van der Waals surface area contributed by atoms with E-state index in [9.17, 15) is 0 Å². The predicted octanol–water partition coefficient (Wildman–Crippen LogP) is 11.6. The molecule has 0 aliphatic heterocycles. The normalized spacial score (nSPS) is 11.1. The Hall–Kier alpha value is -4.19. The van der Waals surface area contributed by atoms with Crippen molar-refractivity contribution >= 4 is 49.2 Å². The van der Waals surface area contributed by atoms with Crippen LogP contribution in [-0.4, -0.2) is 23.2 Å². The van der Waals surface area contributed by atoms with E-state index in [4.69, 9.17) is 4.98 Å². The number of hydrogen-bond donors (Lipinski definition) is 0. The van der Waals surface area contributed by atoms with Gasteiger partial charge in [-0.2, -0.15) is 11.3 Å². The van der Waals surface area contributed by atoms with Crippen LogP contribution in [0.5, 0.6) is 0 Å². The number of aryl methyl sites for hydroxylation is 1. The van der Waals surface area contributed by atoms with Crippen molar-refractivity contribution in [1.29, 1.82) is 0 Å². The molecule has 0 aliphatic carbocycles. The van der Waals surface area contributed by atoms with E-state index in [1.165, 1.54) is 52.4 Å². The third-order valence-electron chi connectivity index (χ3n) is 8.77. The van der Waals surface area contributed by atoms with Gasteiger partial charge in [0, 0.05) is 31.0 Å². The molecule has 0 N–H and O–H groups in total. The third kappa shape index (κ3) is 8.06. The third-order valence-corrected chi connectivity index (χ3v) is 14.5. The predicted molar refractivity (Wildman–Crippen MR) is 212 cm³/mol. The van der Waals surface area contributed by atoms with Crippen molar-refractivity contribution in [2.24, 2.45) is 0 Å². The molecule has 0 bridgehead atoms. The van der Waals surface area contributed by atoms with Crippen LogP contribution in [0.2, 0.25) is 17.3 Å². The molecule has 5 aromatic carbocycles. The van der Waals surface area contributed by atoms with Gasteiger partial charge in [0.25, 0.3) is 0 Å². The van der Waals surface area contributed by atoms with Gasteiger partial charge in [-0.25, -0.2) is 0 Å². The quantitative estimate of drug-likeness (QED) is 0.123. The summed E-state index contributed by atoms with van der Waals surface area (Å²) < 4.78 is 4.03. The van der Waals surface area contributed by atoms with Gasteiger partial charge in [-0.1, -0.05) is 78.2 Å². The van der Waals surface area contributed by atoms with Crippen LogP contribution < -0.4 is 4.40 Å². The van der Waals surface area contributed by atoms with E-state index in [0.29, 0.717) is 0 Å². The number of fused-ring (bicyclic) bond motifs is 3. The Morgan fingerprint density at radius 3 is 2.12 bits per heavy atom. The molecule has 3 heterocycles. The number of thiophene rings is 1. The van der Waals surface area contributed by atoms with E-state index < -0.39 is 13.3 Å². The molecule has 0 saturated heterocycles. The number of pyridine rings is 2. The molecule has 0 amide bonds. The number of hydrogen-bond acceptors (Lipinski definition) is 3. The molecule has 1 radical (unpaired) electrons. The standard InChI is InChI=1S/C30H20NS.C15H18GeN.Ir/c1-3-8-21(9-4-1)18-22-16-17-31-28(19-22)26-13-7-12-25-27-20-24(23-10-5-2-6-11-23)14-15-29(27)32-30(25)26;1-12-10-15(13-8-6-5-7-9-13)17-11-14(12)16(2,3)4;/h1-12,14-17,19-20H,18H2;5-8,10-11H,1-4H3;/q2*-1;. The van der Waals surface area contributed by atoms with Crippen molar-refractivity contribution < 1.29 is 20.1 Å². The average molecular weight is 904 g/mol. The molecular formula is C45H38GeIrN2S-2. The fraction of sp³-hybridized carbons (Fsp3) is 0.111. The molecule has 8 rings (SSSR count). The molecule has 3 aromatic heterocycles. The van der Waals surface area contributed by atoms with Gasteiger partial charge >= 0.3 is 106 Å². The van der Waals surface area contributed by atoms with E-state index in [2.05, 4.69) is 157 Å². The minimum atomic E-state index is -1.77. The molecule has 0 aliphatic rings. The van der Waals surface area contributed by atoms with Crippen molar-refractivity contribution in [2.75, 3.05) is 0 Å². The number of nitrogens with zero attached hydrogens (tertiary/aromatic N) is 2. The van der Waals surface area contributed by atoms with E-state index in [1.807, 2.05) is 41.8 Å². The van der Waals surface area contributed by atoms with E-state index in [0.717, 1.165) is 28.9 Å². The summed E-state index contributed by atoms with van der Waals surface area (Å²) in [5.41, 5.74) is 10.6. The first-order chi connectivity index (χ1) is 23.8. The van der Waals surface area contributed by atoms with Crippen LogP contribution in [0.1, 0.15) is 16.7 Å². The van der Waals surface area contributed by atoms with E-state index >= 15 is 0 Å². The Labute approximate surface area is 316 Å². The first-order valence-corrected chi connectivity index (χ1v) is 24.9. The van der Waals surface area contributed by atoms with Gasteiger partial charge in [-0.05, 0) is 62.7 Å².